The molecule has 2 nitrogen and oxygen atoms in total. The molecule has 0 atom stereocenters. The predicted molar refractivity (Wildman–Crippen MR) is 44.3 cm³/mol. The number of halogens is 1. The second-order valence-electron chi connectivity index (χ2n) is 3.75. The zero-order chi connectivity index (χ0) is 8.60. The monoisotopic (exact) mass is 171 g/mol. The van der Waals surface area contributed by atoms with Gasteiger partial charge in [0.2, 0.25) is 0 Å². The molecule has 2 N–H and O–H groups in total. The smallest absolute Gasteiger partial charge is 0.138 e. The van der Waals surface area contributed by atoms with Crippen molar-refractivity contribution < 1.29 is 9.13 Å². The zero-order valence-electron chi connectivity index (χ0n) is 7.05. The van der Waals surface area contributed by atoms with E-state index in [1.807, 2.05) is 0 Å². The zero-order valence-corrected chi connectivity index (χ0v) is 7.05. The average Bonchev–Trinajstić information content (AvgIpc) is 2.04. The molecule has 2 rings (SSSR count). The molecule has 1 heterocycles. The first-order chi connectivity index (χ1) is 5.71. The molecular weight excluding hydrogens is 157 g/mol. The fourth-order valence-corrected chi connectivity index (χ4v) is 1.93. The summed E-state index contributed by atoms with van der Waals surface area (Å²) in [6.07, 6.45) is 4.32. The van der Waals surface area contributed by atoms with Crippen LogP contribution in [0.3, 0.4) is 0 Å². The lowest BCUT2D eigenvalue weighted by atomic mass is 9.72. The van der Waals surface area contributed by atoms with Crippen molar-refractivity contribution in [1.82, 2.24) is 0 Å². The summed E-state index contributed by atoms with van der Waals surface area (Å²) in [5, 5.41) is 0. The third-order valence-corrected chi connectivity index (χ3v) is 2.68. The summed E-state index contributed by atoms with van der Waals surface area (Å²) in [4.78, 5) is 0. The highest BCUT2D eigenvalue weighted by Crippen LogP contribution is 2.43. The molecule has 0 amide bonds. The molecule has 0 bridgehead atoms. The van der Waals surface area contributed by atoms with Crippen molar-refractivity contribution in [2.24, 2.45) is 5.73 Å². The Morgan fingerprint density at radius 1 is 1.58 bits per heavy atom. The Kier molecular flexibility index (Phi) is 1.83. The van der Waals surface area contributed by atoms with E-state index in [1.165, 1.54) is 0 Å². The second kappa shape index (κ2) is 2.73. The number of alkyl halides is 1. The van der Waals surface area contributed by atoms with E-state index in [4.69, 9.17) is 10.5 Å². The van der Waals surface area contributed by atoms with Gasteiger partial charge in [-0.05, 0) is 12.8 Å². The molecule has 0 aromatic carbocycles. The molecule has 12 heavy (non-hydrogen) atoms. The molecule has 1 fully saturated rings. The van der Waals surface area contributed by atoms with Crippen molar-refractivity contribution in [3.05, 3.63) is 11.8 Å². The van der Waals surface area contributed by atoms with E-state index in [1.54, 1.807) is 6.26 Å². The van der Waals surface area contributed by atoms with Crippen molar-refractivity contribution in [2.45, 2.75) is 37.4 Å². The molecule has 0 aromatic heterocycles. The molecule has 1 aliphatic heterocycles. The van der Waals surface area contributed by atoms with Crippen molar-refractivity contribution in [3.8, 4) is 0 Å². The van der Waals surface area contributed by atoms with E-state index in [-0.39, 0.29) is 6.04 Å². The van der Waals surface area contributed by atoms with Crippen LogP contribution in [0.1, 0.15) is 25.7 Å². The van der Waals surface area contributed by atoms with Gasteiger partial charge in [0.25, 0.3) is 0 Å². The maximum absolute atomic E-state index is 13.8. The third-order valence-electron chi connectivity index (χ3n) is 2.68. The van der Waals surface area contributed by atoms with Crippen LogP contribution in [0.5, 0.6) is 0 Å². The Bertz CT molecular complexity index is 209. The molecular formula is C9H14FNO. The highest BCUT2D eigenvalue weighted by Gasteiger charge is 2.46. The molecule has 0 radical (unpaired) electrons. The molecule has 3 heteroatoms. The Balaban J connectivity index is 2.03. The third kappa shape index (κ3) is 1.22. The van der Waals surface area contributed by atoms with E-state index in [0.717, 1.165) is 25.0 Å². The van der Waals surface area contributed by atoms with Gasteiger partial charge in [-0.3, -0.25) is 0 Å². The normalized spacial score (nSPS) is 41.2. The Morgan fingerprint density at radius 2 is 2.33 bits per heavy atom. The molecule has 0 spiro atoms. The first-order valence-electron chi connectivity index (χ1n) is 4.46. The number of allylic oxidation sites excluding steroid dienone is 1. The molecule has 2 aliphatic rings. The molecule has 1 saturated carbocycles. The SMILES string of the molecule is NC1CC(F)(C2=COCCC2)C1. The highest BCUT2D eigenvalue weighted by atomic mass is 19.1. The summed E-state index contributed by atoms with van der Waals surface area (Å²) in [5.41, 5.74) is 5.24. The van der Waals surface area contributed by atoms with Gasteiger partial charge in [0.15, 0.2) is 0 Å². The van der Waals surface area contributed by atoms with Gasteiger partial charge in [0.1, 0.15) is 5.67 Å². The van der Waals surface area contributed by atoms with Crippen molar-refractivity contribution in [2.75, 3.05) is 6.61 Å². The summed E-state index contributed by atoms with van der Waals surface area (Å²) < 4.78 is 18.9. The minimum atomic E-state index is -1.13. The van der Waals surface area contributed by atoms with Gasteiger partial charge in [-0.1, -0.05) is 0 Å². The van der Waals surface area contributed by atoms with Crippen LogP contribution in [-0.4, -0.2) is 18.3 Å². The van der Waals surface area contributed by atoms with Gasteiger partial charge in [-0.2, -0.15) is 0 Å². The van der Waals surface area contributed by atoms with Gasteiger partial charge >= 0.3 is 0 Å². The molecule has 0 saturated heterocycles. The first-order valence-corrected chi connectivity index (χ1v) is 4.46. The van der Waals surface area contributed by atoms with Gasteiger partial charge in [0, 0.05) is 24.5 Å². The lowest BCUT2D eigenvalue weighted by molar-refractivity contribution is 0.0661. The average molecular weight is 171 g/mol. The maximum atomic E-state index is 13.8. The van der Waals surface area contributed by atoms with Gasteiger partial charge in [0.05, 0.1) is 12.9 Å². The van der Waals surface area contributed by atoms with E-state index < -0.39 is 5.67 Å². The van der Waals surface area contributed by atoms with Crippen LogP contribution in [-0.2, 0) is 4.74 Å². The quantitative estimate of drug-likeness (QED) is 0.649. The Morgan fingerprint density at radius 3 is 2.83 bits per heavy atom. The molecule has 1 aliphatic carbocycles. The van der Waals surface area contributed by atoms with E-state index >= 15 is 0 Å². The Hall–Kier alpha value is -0.570. The van der Waals surface area contributed by atoms with Gasteiger partial charge in [-0.15, -0.1) is 0 Å². The largest absolute Gasteiger partial charge is 0.501 e. The van der Waals surface area contributed by atoms with Crippen LogP contribution in [0.25, 0.3) is 0 Å². The van der Waals surface area contributed by atoms with E-state index in [0.29, 0.717) is 12.8 Å². The lowest BCUT2D eigenvalue weighted by Crippen LogP contribution is -2.49. The van der Waals surface area contributed by atoms with Gasteiger partial charge < -0.3 is 10.5 Å². The number of hydrogen-bond acceptors (Lipinski definition) is 2. The van der Waals surface area contributed by atoms with Crippen LogP contribution in [0, 0.1) is 0 Å². The predicted octanol–water partition coefficient (Wildman–Crippen LogP) is 1.51. The number of hydrogen-bond donors (Lipinski definition) is 1. The fourth-order valence-electron chi connectivity index (χ4n) is 1.93. The lowest BCUT2D eigenvalue weighted by Gasteiger charge is -2.41. The molecule has 0 unspecified atom stereocenters. The maximum Gasteiger partial charge on any atom is 0.138 e. The minimum absolute atomic E-state index is 0.0535. The number of rotatable bonds is 1. The second-order valence-corrected chi connectivity index (χ2v) is 3.75. The number of nitrogens with two attached hydrogens (primary N) is 1. The summed E-state index contributed by atoms with van der Waals surface area (Å²) in [5.74, 6) is 0. The Labute approximate surface area is 71.6 Å². The summed E-state index contributed by atoms with van der Waals surface area (Å²) in [6, 6.07) is 0.0535. The van der Waals surface area contributed by atoms with Crippen molar-refractivity contribution >= 4 is 0 Å². The summed E-state index contributed by atoms with van der Waals surface area (Å²) >= 11 is 0. The topological polar surface area (TPSA) is 35.2 Å². The van der Waals surface area contributed by atoms with E-state index in [9.17, 15) is 4.39 Å². The van der Waals surface area contributed by atoms with Crippen LogP contribution in [0.15, 0.2) is 11.8 Å². The van der Waals surface area contributed by atoms with Crippen LogP contribution >= 0.6 is 0 Å². The molecule has 0 aromatic rings. The van der Waals surface area contributed by atoms with Crippen LogP contribution in [0.4, 0.5) is 4.39 Å². The van der Waals surface area contributed by atoms with Crippen LogP contribution in [0.2, 0.25) is 0 Å². The minimum Gasteiger partial charge on any atom is -0.501 e. The fraction of sp³-hybridized carbons (Fsp3) is 0.778. The van der Waals surface area contributed by atoms with E-state index in [2.05, 4.69) is 0 Å². The first kappa shape index (κ1) is 8.05. The van der Waals surface area contributed by atoms with Gasteiger partial charge in [-0.25, -0.2) is 4.39 Å². The van der Waals surface area contributed by atoms with Crippen molar-refractivity contribution in [1.29, 1.82) is 0 Å². The number of ether oxygens (including phenoxy) is 1. The standard InChI is InChI=1S/C9H14FNO/c10-9(4-8(11)5-9)7-2-1-3-12-6-7/h6,8H,1-5,11H2. The molecule has 68 valence electrons. The van der Waals surface area contributed by atoms with Crippen LogP contribution < -0.4 is 5.73 Å². The summed E-state index contributed by atoms with van der Waals surface area (Å²) in [6.45, 7) is 0.728. The highest BCUT2D eigenvalue weighted by molar-refractivity contribution is 5.22. The van der Waals surface area contributed by atoms with Crippen molar-refractivity contribution in [3.63, 3.8) is 0 Å². The summed E-state index contributed by atoms with van der Waals surface area (Å²) in [7, 11) is 0.